The number of carbonyl (C=O) groups excluding carboxylic acids is 2. The van der Waals surface area contributed by atoms with Crippen molar-refractivity contribution in [2.45, 2.75) is 13.5 Å². The predicted molar refractivity (Wildman–Crippen MR) is 91.1 cm³/mol. The summed E-state index contributed by atoms with van der Waals surface area (Å²) in [6, 6.07) is 14.4. The van der Waals surface area contributed by atoms with Crippen molar-refractivity contribution in [1.29, 1.82) is 0 Å². The summed E-state index contributed by atoms with van der Waals surface area (Å²) in [7, 11) is 1.55. The second kappa shape index (κ2) is 8.57. The molecule has 0 aliphatic heterocycles. The standard InChI is InChI=1S/C18H20N2O4/c1-13(21)20-15-8-9-17(23-2)14(10-15)11-19-18(22)12-24-16-6-4-3-5-7-16/h3-10H,11-12H2,1-2H3,(H,19,22)(H,20,21). The van der Waals surface area contributed by atoms with Crippen molar-refractivity contribution in [3.63, 3.8) is 0 Å². The van der Waals surface area contributed by atoms with E-state index in [0.717, 1.165) is 5.56 Å². The molecule has 6 heteroatoms. The van der Waals surface area contributed by atoms with E-state index in [1.165, 1.54) is 6.92 Å². The minimum Gasteiger partial charge on any atom is -0.496 e. The summed E-state index contributed by atoms with van der Waals surface area (Å²) in [5.41, 5.74) is 1.41. The number of anilines is 1. The third kappa shape index (κ3) is 5.31. The van der Waals surface area contributed by atoms with Gasteiger partial charge in [0.15, 0.2) is 6.61 Å². The molecular weight excluding hydrogens is 308 g/mol. The van der Waals surface area contributed by atoms with Crippen molar-refractivity contribution in [3.05, 3.63) is 54.1 Å². The van der Waals surface area contributed by atoms with E-state index in [2.05, 4.69) is 10.6 Å². The molecule has 0 heterocycles. The molecule has 0 aliphatic rings. The largest absolute Gasteiger partial charge is 0.496 e. The summed E-state index contributed by atoms with van der Waals surface area (Å²) < 4.78 is 10.7. The molecule has 0 saturated carbocycles. The molecule has 6 nitrogen and oxygen atoms in total. The number of rotatable bonds is 7. The fraction of sp³-hybridized carbons (Fsp3) is 0.222. The number of ether oxygens (including phenoxy) is 2. The minimum absolute atomic E-state index is 0.0717. The Morgan fingerprint density at radius 1 is 1.08 bits per heavy atom. The molecule has 2 amide bonds. The number of hydrogen-bond acceptors (Lipinski definition) is 4. The lowest BCUT2D eigenvalue weighted by atomic mass is 10.1. The van der Waals surface area contributed by atoms with Gasteiger partial charge in [-0.3, -0.25) is 9.59 Å². The first-order valence-corrected chi connectivity index (χ1v) is 7.47. The smallest absolute Gasteiger partial charge is 0.258 e. The molecule has 0 atom stereocenters. The molecule has 0 unspecified atom stereocenters. The first-order chi connectivity index (χ1) is 11.6. The highest BCUT2D eigenvalue weighted by molar-refractivity contribution is 5.88. The van der Waals surface area contributed by atoms with Crippen LogP contribution in [-0.4, -0.2) is 25.5 Å². The number of carbonyl (C=O) groups is 2. The van der Waals surface area contributed by atoms with E-state index in [4.69, 9.17) is 9.47 Å². The van der Waals surface area contributed by atoms with Gasteiger partial charge in [-0.15, -0.1) is 0 Å². The van der Waals surface area contributed by atoms with Gasteiger partial charge in [-0.05, 0) is 30.3 Å². The zero-order valence-corrected chi connectivity index (χ0v) is 13.7. The molecule has 0 saturated heterocycles. The van der Waals surface area contributed by atoms with Gasteiger partial charge in [0.25, 0.3) is 5.91 Å². The van der Waals surface area contributed by atoms with Crippen molar-refractivity contribution < 1.29 is 19.1 Å². The molecule has 0 fully saturated rings. The van der Waals surface area contributed by atoms with Crippen molar-refractivity contribution >= 4 is 17.5 Å². The Morgan fingerprint density at radius 3 is 2.50 bits per heavy atom. The number of nitrogens with one attached hydrogen (secondary N) is 2. The Labute approximate surface area is 140 Å². The first-order valence-electron chi connectivity index (χ1n) is 7.47. The van der Waals surface area contributed by atoms with Crippen LogP contribution in [0.1, 0.15) is 12.5 Å². The van der Waals surface area contributed by atoms with Gasteiger partial charge in [-0.25, -0.2) is 0 Å². The van der Waals surface area contributed by atoms with E-state index in [1.807, 2.05) is 18.2 Å². The third-order valence-corrected chi connectivity index (χ3v) is 3.19. The molecule has 2 rings (SSSR count). The van der Waals surface area contributed by atoms with Gasteiger partial charge in [-0.1, -0.05) is 18.2 Å². The molecule has 126 valence electrons. The van der Waals surface area contributed by atoms with Crippen LogP contribution in [0.25, 0.3) is 0 Å². The fourth-order valence-corrected chi connectivity index (χ4v) is 2.11. The van der Waals surface area contributed by atoms with Crippen LogP contribution in [0, 0.1) is 0 Å². The summed E-state index contributed by atoms with van der Waals surface area (Å²) in [6.07, 6.45) is 0. The van der Waals surface area contributed by atoms with Crippen molar-refractivity contribution in [3.8, 4) is 11.5 Å². The van der Waals surface area contributed by atoms with Gasteiger partial charge in [0.1, 0.15) is 11.5 Å². The van der Waals surface area contributed by atoms with Gasteiger partial charge < -0.3 is 20.1 Å². The van der Waals surface area contributed by atoms with Crippen LogP contribution in [0.5, 0.6) is 11.5 Å². The van der Waals surface area contributed by atoms with Crippen LogP contribution in [0.2, 0.25) is 0 Å². The monoisotopic (exact) mass is 328 g/mol. The lowest BCUT2D eigenvalue weighted by molar-refractivity contribution is -0.123. The van der Waals surface area contributed by atoms with E-state index < -0.39 is 0 Å². The van der Waals surface area contributed by atoms with Gasteiger partial charge >= 0.3 is 0 Å². The summed E-state index contributed by atoms with van der Waals surface area (Å²) in [6.45, 7) is 1.64. The summed E-state index contributed by atoms with van der Waals surface area (Å²) in [4.78, 5) is 23.0. The Morgan fingerprint density at radius 2 is 1.83 bits per heavy atom. The van der Waals surface area contributed by atoms with E-state index in [1.54, 1.807) is 37.4 Å². The van der Waals surface area contributed by atoms with Crippen molar-refractivity contribution in [2.24, 2.45) is 0 Å². The van der Waals surface area contributed by atoms with Crippen molar-refractivity contribution in [1.82, 2.24) is 5.32 Å². The number of amides is 2. The molecule has 2 N–H and O–H groups in total. The maximum Gasteiger partial charge on any atom is 0.258 e. The van der Waals surface area contributed by atoms with E-state index >= 15 is 0 Å². The Bertz CT molecular complexity index is 701. The molecular formula is C18H20N2O4. The Kier molecular flexibility index (Phi) is 6.19. The van der Waals surface area contributed by atoms with Crippen LogP contribution in [0.4, 0.5) is 5.69 Å². The molecule has 24 heavy (non-hydrogen) atoms. The maximum absolute atomic E-state index is 11.9. The molecule has 0 bridgehead atoms. The van der Waals surface area contributed by atoms with Crippen LogP contribution in [0.15, 0.2) is 48.5 Å². The third-order valence-electron chi connectivity index (χ3n) is 3.19. The first kappa shape index (κ1) is 17.3. The topological polar surface area (TPSA) is 76.7 Å². The van der Waals surface area contributed by atoms with Crippen LogP contribution < -0.4 is 20.1 Å². The van der Waals surface area contributed by atoms with Gasteiger partial charge in [0.05, 0.1) is 7.11 Å². The van der Waals surface area contributed by atoms with Gasteiger partial charge in [0.2, 0.25) is 5.91 Å². The number of benzene rings is 2. The van der Waals surface area contributed by atoms with E-state index in [-0.39, 0.29) is 25.0 Å². The Balaban J connectivity index is 1.92. The number of para-hydroxylation sites is 1. The highest BCUT2D eigenvalue weighted by Crippen LogP contribution is 2.22. The van der Waals surface area contributed by atoms with Gasteiger partial charge in [-0.2, -0.15) is 0 Å². The van der Waals surface area contributed by atoms with Crippen LogP contribution >= 0.6 is 0 Å². The lowest BCUT2D eigenvalue weighted by Gasteiger charge is -2.12. The normalized spacial score (nSPS) is 9.92. The molecule has 0 radical (unpaired) electrons. The van der Waals surface area contributed by atoms with Crippen LogP contribution in [-0.2, 0) is 16.1 Å². The fourth-order valence-electron chi connectivity index (χ4n) is 2.11. The summed E-state index contributed by atoms with van der Waals surface area (Å²) >= 11 is 0. The summed E-state index contributed by atoms with van der Waals surface area (Å²) in [5.74, 6) is 0.864. The highest BCUT2D eigenvalue weighted by Gasteiger charge is 2.08. The van der Waals surface area contributed by atoms with Gasteiger partial charge in [0, 0.05) is 24.7 Å². The average Bonchev–Trinajstić information content (AvgIpc) is 2.58. The molecule has 0 aromatic heterocycles. The molecule has 0 spiro atoms. The average molecular weight is 328 g/mol. The maximum atomic E-state index is 11.9. The van der Waals surface area contributed by atoms with E-state index in [9.17, 15) is 9.59 Å². The second-order valence-corrected chi connectivity index (χ2v) is 5.09. The molecule has 2 aromatic carbocycles. The summed E-state index contributed by atoms with van der Waals surface area (Å²) in [5, 5.41) is 5.47. The molecule has 2 aromatic rings. The molecule has 0 aliphatic carbocycles. The van der Waals surface area contributed by atoms with E-state index in [0.29, 0.717) is 17.2 Å². The van der Waals surface area contributed by atoms with Crippen LogP contribution in [0.3, 0.4) is 0 Å². The zero-order chi connectivity index (χ0) is 17.4. The lowest BCUT2D eigenvalue weighted by Crippen LogP contribution is -2.28. The minimum atomic E-state index is -0.245. The second-order valence-electron chi connectivity index (χ2n) is 5.09. The predicted octanol–water partition coefficient (Wildman–Crippen LogP) is 2.35. The Hall–Kier alpha value is -3.02. The highest BCUT2D eigenvalue weighted by atomic mass is 16.5. The number of hydrogen-bond donors (Lipinski definition) is 2. The number of methoxy groups -OCH3 is 1. The SMILES string of the molecule is COc1ccc(NC(C)=O)cc1CNC(=O)COc1ccccc1. The van der Waals surface area contributed by atoms with Crippen molar-refractivity contribution in [2.75, 3.05) is 19.0 Å². The quantitative estimate of drug-likeness (QED) is 0.818. The zero-order valence-electron chi connectivity index (χ0n) is 13.7.